The monoisotopic (exact) mass is 274 g/mol. The van der Waals surface area contributed by atoms with Crippen LogP contribution in [0.4, 0.5) is 0 Å². The highest BCUT2D eigenvalue weighted by Crippen LogP contribution is 2.17. The molecule has 0 spiro atoms. The molecule has 20 heavy (non-hydrogen) atoms. The van der Waals surface area contributed by atoms with Crippen molar-refractivity contribution in [3.63, 3.8) is 0 Å². The molecule has 2 rings (SSSR count). The van der Waals surface area contributed by atoms with Crippen molar-refractivity contribution in [1.29, 1.82) is 0 Å². The minimum absolute atomic E-state index is 0.178. The third-order valence-corrected chi connectivity index (χ3v) is 3.78. The lowest BCUT2D eigenvalue weighted by molar-refractivity contribution is -0.139. The van der Waals surface area contributed by atoms with Gasteiger partial charge in [-0.2, -0.15) is 0 Å². The van der Waals surface area contributed by atoms with Crippen LogP contribution >= 0.6 is 0 Å². The van der Waals surface area contributed by atoms with Crippen LogP contribution in [0, 0.1) is 0 Å². The van der Waals surface area contributed by atoms with Gasteiger partial charge in [0.1, 0.15) is 0 Å². The molecule has 0 aliphatic heterocycles. The third kappa shape index (κ3) is 4.08. The quantitative estimate of drug-likeness (QED) is 0.824. The number of carbonyl (C=O) groups excluding carboxylic acids is 2. The molecule has 0 bridgehead atoms. The fourth-order valence-electron chi connectivity index (χ4n) is 2.48. The molecule has 0 radical (unpaired) electrons. The smallest absolute Gasteiger partial charge is 0.309 e. The predicted octanol–water partition coefficient (Wildman–Crippen LogP) is 1.92. The summed E-state index contributed by atoms with van der Waals surface area (Å²) in [6, 6.07) is 8.22. The van der Waals surface area contributed by atoms with E-state index in [-0.39, 0.29) is 6.04 Å². The van der Waals surface area contributed by atoms with Gasteiger partial charge in [-0.15, -0.1) is 0 Å². The number of hydrogen-bond acceptors (Lipinski definition) is 2. The van der Waals surface area contributed by atoms with Crippen LogP contribution in [-0.2, 0) is 22.6 Å². The van der Waals surface area contributed by atoms with Gasteiger partial charge in [0.15, 0.2) is 0 Å². The number of aryl methyl sites for hydroxylation is 1. The first-order valence-electron chi connectivity index (χ1n) is 7.35. The number of nitrogens with one attached hydrogen (secondary N) is 2. The van der Waals surface area contributed by atoms with E-state index >= 15 is 0 Å². The fraction of sp³-hybridized carbons (Fsp3) is 0.500. The van der Waals surface area contributed by atoms with Crippen LogP contribution in [0.1, 0.15) is 43.7 Å². The minimum atomic E-state index is -0.545. The van der Waals surface area contributed by atoms with E-state index < -0.39 is 11.8 Å². The maximum absolute atomic E-state index is 11.7. The van der Waals surface area contributed by atoms with Crippen molar-refractivity contribution in [1.82, 2.24) is 10.6 Å². The Labute approximate surface area is 119 Å². The summed E-state index contributed by atoms with van der Waals surface area (Å²) >= 11 is 0. The second-order valence-electron chi connectivity index (χ2n) is 5.31. The SMILES string of the molecule is CCc1ccc(CNC(=O)C(=O)NC2CCCC2)cc1. The van der Waals surface area contributed by atoms with E-state index in [9.17, 15) is 9.59 Å². The van der Waals surface area contributed by atoms with Crippen molar-refractivity contribution in [2.45, 2.75) is 51.6 Å². The number of hydrogen-bond donors (Lipinski definition) is 2. The highest BCUT2D eigenvalue weighted by atomic mass is 16.2. The van der Waals surface area contributed by atoms with E-state index in [1.807, 2.05) is 24.3 Å². The largest absolute Gasteiger partial charge is 0.345 e. The number of rotatable bonds is 4. The van der Waals surface area contributed by atoms with Crippen LogP contribution < -0.4 is 10.6 Å². The number of amides is 2. The Balaban J connectivity index is 1.76. The minimum Gasteiger partial charge on any atom is -0.345 e. The summed E-state index contributed by atoms with van der Waals surface area (Å²) in [4.78, 5) is 23.4. The van der Waals surface area contributed by atoms with Crippen LogP contribution in [-0.4, -0.2) is 17.9 Å². The van der Waals surface area contributed by atoms with Crippen molar-refractivity contribution in [3.05, 3.63) is 35.4 Å². The summed E-state index contributed by atoms with van der Waals surface area (Å²) in [6.45, 7) is 2.49. The Morgan fingerprint density at radius 1 is 1.05 bits per heavy atom. The topological polar surface area (TPSA) is 58.2 Å². The molecule has 1 aromatic rings. The lowest BCUT2D eigenvalue weighted by atomic mass is 10.1. The van der Waals surface area contributed by atoms with Crippen molar-refractivity contribution < 1.29 is 9.59 Å². The maximum atomic E-state index is 11.7. The first-order valence-corrected chi connectivity index (χ1v) is 7.35. The van der Waals surface area contributed by atoms with Crippen LogP contribution in [0.5, 0.6) is 0 Å². The Bertz CT molecular complexity index is 462. The van der Waals surface area contributed by atoms with Crippen LogP contribution in [0.3, 0.4) is 0 Å². The molecule has 2 N–H and O–H groups in total. The second-order valence-corrected chi connectivity index (χ2v) is 5.31. The highest BCUT2D eigenvalue weighted by molar-refractivity contribution is 6.35. The molecule has 4 nitrogen and oxygen atoms in total. The first-order chi connectivity index (χ1) is 9.69. The molecule has 2 amide bonds. The van der Waals surface area contributed by atoms with Crippen molar-refractivity contribution in [3.8, 4) is 0 Å². The van der Waals surface area contributed by atoms with E-state index in [0.717, 1.165) is 37.7 Å². The molecule has 1 aliphatic rings. The molecule has 1 saturated carbocycles. The van der Waals surface area contributed by atoms with E-state index in [1.54, 1.807) is 0 Å². The molecule has 1 fully saturated rings. The van der Waals surface area contributed by atoms with Crippen molar-refractivity contribution in [2.24, 2.45) is 0 Å². The zero-order chi connectivity index (χ0) is 14.4. The first kappa shape index (κ1) is 14.6. The average molecular weight is 274 g/mol. The molecule has 0 atom stereocenters. The molecule has 0 heterocycles. The summed E-state index contributed by atoms with van der Waals surface area (Å²) in [6.07, 6.45) is 5.23. The maximum Gasteiger partial charge on any atom is 0.309 e. The zero-order valence-electron chi connectivity index (χ0n) is 11.9. The number of carbonyl (C=O) groups is 2. The normalized spacial score (nSPS) is 15.1. The lowest BCUT2D eigenvalue weighted by Crippen LogP contribution is -2.43. The molecule has 0 aromatic heterocycles. The van der Waals surface area contributed by atoms with Gasteiger partial charge in [0.2, 0.25) is 0 Å². The van der Waals surface area contributed by atoms with Gasteiger partial charge in [0.05, 0.1) is 0 Å². The summed E-state index contributed by atoms with van der Waals surface area (Å²) in [5, 5.41) is 5.44. The summed E-state index contributed by atoms with van der Waals surface area (Å²) < 4.78 is 0. The van der Waals surface area contributed by atoms with E-state index in [2.05, 4.69) is 17.6 Å². The average Bonchev–Trinajstić information content (AvgIpc) is 2.98. The summed E-state index contributed by atoms with van der Waals surface area (Å²) in [7, 11) is 0. The van der Waals surface area contributed by atoms with Gasteiger partial charge in [-0.25, -0.2) is 0 Å². The van der Waals surface area contributed by atoms with E-state index in [1.165, 1.54) is 5.56 Å². The van der Waals surface area contributed by atoms with E-state index in [0.29, 0.717) is 6.54 Å². The highest BCUT2D eigenvalue weighted by Gasteiger charge is 2.20. The van der Waals surface area contributed by atoms with Crippen LogP contribution in [0.15, 0.2) is 24.3 Å². The van der Waals surface area contributed by atoms with Crippen LogP contribution in [0.25, 0.3) is 0 Å². The standard InChI is InChI=1S/C16H22N2O2/c1-2-12-7-9-13(10-8-12)11-17-15(19)16(20)18-14-5-3-4-6-14/h7-10,14H,2-6,11H2,1H3,(H,17,19)(H,18,20). The molecule has 1 aliphatic carbocycles. The zero-order valence-corrected chi connectivity index (χ0v) is 11.9. The molecular weight excluding hydrogens is 252 g/mol. The Morgan fingerprint density at radius 3 is 2.25 bits per heavy atom. The van der Waals surface area contributed by atoms with Gasteiger partial charge in [-0.3, -0.25) is 9.59 Å². The summed E-state index contributed by atoms with van der Waals surface area (Å²) in [5.41, 5.74) is 2.27. The van der Waals surface area contributed by atoms with Gasteiger partial charge in [-0.05, 0) is 30.4 Å². The van der Waals surface area contributed by atoms with Gasteiger partial charge >= 0.3 is 11.8 Å². The molecule has 1 aromatic carbocycles. The van der Waals surface area contributed by atoms with Gasteiger partial charge < -0.3 is 10.6 Å². The van der Waals surface area contributed by atoms with Gasteiger partial charge in [-0.1, -0.05) is 44.0 Å². The Hall–Kier alpha value is -1.84. The predicted molar refractivity (Wildman–Crippen MR) is 78.1 cm³/mol. The lowest BCUT2D eigenvalue weighted by Gasteiger charge is -2.11. The second kappa shape index (κ2) is 7.08. The van der Waals surface area contributed by atoms with Gasteiger partial charge in [0.25, 0.3) is 0 Å². The molecule has 0 saturated heterocycles. The molecule has 108 valence electrons. The fourth-order valence-corrected chi connectivity index (χ4v) is 2.48. The van der Waals surface area contributed by atoms with Crippen LogP contribution in [0.2, 0.25) is 0 Å². The number of benzene rings is 1. The van der Waals surface area contributed by atoms with E-state index in [4.69, 9.17) is 0 Å². The Morgan fingerprint density at radius 2 is 1.65 bits per heavy atom. The van der Waals surface area contributed by atoms with Gasteiger partial charge in [0, 0.05) is 12.6 Å². The molecular formula is C16H22N2O2. The third-order valence-electron chi connectivity index (χ3n) is 3.78. The molecule has 0 unspecified atom stereocenters. The Kier molecular flexibility index (Phi) is 5.16. The van der Waals surface area contributed by atoms with Crippen molar-refractivity contribution in [2.75, 3.05) is 0 Å². The molecule has 4 heteroatoms. The summed E-state index contributed by atoms with van der Waals surface area (Å²) in [5.74, 6) is -1.06. The van der Waals surface area contributed by atoms with Crippen molar-refractivity contribution >= 4 is 11.8 Å².